The van der Waals surface area contributed by atoms with Crippen LogP contribution >= 0.6 is 0 Å². The Bertz CT molecular complexity index is 477. The lowest BCUT2D eigenvalue weighted by atomic mass is 10.1. The van der Waals surface area contributed by atoms with Crippen molar-refractivity contribution in [2.75, 3.05) is 14.2 Å². The van der Waals surface area contributed by atoms with Crippen LogP contribution < -0.4 is 14.8 Å². The molecule has 0 aromatic heterocycles. The van der Waals surface area contributed by atoms with Crippen LogP contribution in [0, 0.1) is 12.3 Å². The number of terminal acetylenes is 1. The molecule has 0 heterocycles. The molecule has 0 saturated carbocycles. The van der Waals surface area contributed by atoms with Gasteiger partial charge in [-0.05, 0) is 24.6 Å². The van der Waals surface area contributed by atoms with Crippen molar-refractivity contribution in [1.82, 2.24) is 5.32 Å². The van der Waals surface area contributed by atoms with E-state index >= 15 is 0 Å². The molecule has 1 unspecified atom stereocenters. The highest BCUT2D eigenvalue weighted by Gasteiger charge is 2.13. The van der Waals surface area contributed by atoms with Gasteiger partial charge in [0.25, 0.3) is 5.91 Å². The van der Waals surface area contributed by atoms with Gasteiger partial charge in [-0.15, -0.1) is 12.3 Å². The van der Waals surface area contributed by atoms with Gasteiger partial charge in [-0.1, -0.05) is 6.92 Å². The van der Waals surface area contributed by atoms with E-state index in [-0.39, 0.29) is 11.9 Å². The minimum absolute atomic E-state index is 0.00871. The van der Waals surface area contributed by atoms with Gasteiger partial charge in [0.1, 0.15) is 0 Å². The third kappa shape index (κ3) is 3.92. The molecule has 0 radical (unpaired) electrons. The zero-order valence-electron chi connectivity index (χ0n) is 11.5. The van der Waals surface area contributed by atoms with Crippen molar-refractivity contribution in [2.24, 2.45) is 0 Å². The van der Waals surface area contributed by atoms with E-state index in [1.54, 1.807) is 25.3 Å². The predicted molar refractivity (Wildman–Crippen MR) is 74.5 cm³/mol. The number of hydrogen-bond donors (Lipinski definition) is 1. The molecule has 1 N–H and O–H groups in total. The molecular weight excluding hydrogens is 242 g/mol. The van der Waals surface area contributed by atoms with Gasteiger partial charge in [-0.3, -0.25) is 4.79 Å². The molecular formula is C15H19NO3. The predicted octanol–water partition coefficient (Wildman–Crippen LogP) is 2.24. The van der Waals surface area contributed by atoms with Crippen LogP contribution in [0.1, 0.15) is 30.1 Å². The summed E-state index contributed by atoms with van der Waals surface area (Å²) in [7, 11) is 3.09. The third-order valence-corrected chi connectivity index (χ3v) is 2.84. The van der Waals surface area contributed by atoms with Gasteiger partial charge in [0.05, 0.1) is 14.2 Å². The molecule has 1 atom stereocenters. The average Bonchev–Trinajstić information content (AvgIpc) is 2.45. The Kier molecular flexibility index (Phi) is 5.74. The van der Waals surface area contributed by atoms with Gasteiger partial charge in [-0.2, -0.15) is 0 Å². The zero-order chi connectivity index (χ0) is 14.3. The Balaban J connectivity index is 2.85. The van der Waals surface area contributed by atoms with E-state index in [1.165, 1.54) is 7.11 Å². The molecule has 0 fully saturated rings. The van der Waals surface area contributed by atoms with Gasteiger partial charge in [0.15, 0.2) is 11.5 Å². The average molecular weight is 261 g/mol. The van der Waals surface area contributed by atoms with E-state index in [4.69, 9.17) is 15.9 Å². The fourth-order valence-corrected chi connectivity index (χ4v) is 1.69. The van der Waals surface area contributed by atoms with Gasteiger partial charge in [0, 0.05) is 18.0 Å². The largest absolute Gasteiger partial charge is 0.493 e. The normalized spacial score (nSPS) is 11.3. The molecule has 4 heteroatoms. The molecule has 0 spiro atoms. The SMILES string of the molecule is C#CCC(CC)NC(=O)c1ccc(OC)c(OC)c1. The summed E-state index contributed by atoms with van der Waals surface area (Å²) in [6.45, 7) is 1.98. The molecule has 1 rings (SSSR count). The molecule has 0 saturated heterocycles. The fraction of sp³-hybridized carbons (Fsp3) is 0.400. The van der Waals surface area contributed by atoms with Crippen LogP contribution in [0.2, 0.25) is 0 Å². The van der Waals surface area contributed by atoms with E-state index in [9.17, 15) is 4.79 Å². The monoisotopic (exact) mass is 261 g/mol. The lowest BCUT2D eigenvalue weighted by Gasteiger charge is -2.15. The Morgan fingerprint density at radius 3 is 2.58 bits per heavy atom. The molecule has 19 heavy (non-hydrogen) atoms. The second kappa shape index (κ2) is 7.32. The van der Waals surface area contributed by atoms with E-state index in [0.29, 0.717) is 23.5 Å². The summed E-state index contributed by atoms with van der Waals surface area (Å²) in [5, 5.41) is 2.89. The molecule has 0 aliphatic rings. The van der Waals surface area contributed by atoms with Gasteiger partial charge in [-0.25, -0.2) is 0 Å². The molecule has 0 aliphatic carbocycles. The Labute approximate surface area is 114 Å². The quantitative estimate of drug-likeness (QED) is 0.799. The summed E-state index contributed by atoms with van der Waals surface area (Å²) in [6.07, 6.45) is 6.58. The highest BCUT2D eigenvalue weighted by Crippen LogP contribution is 2.27. The van der Waals surface area contributed by atoms with Crippen molar-refractivity contribution in [1.29, 1.82) is 0 Å². The van der Waals surface area contributed by atoms with E-state index in [2.05, 4.69) is 11.2 Å². The first-order chi connectivity index (χ1) is 9.15. The van der Waals surface area contributed by atoms with Gasteiger partial charge in [0.2, 0.25) is 0 Å². The Morgan fingerprint density at radius 2 is 2.05 bits per heavy atom. The third-order valence-electron chi connectivity index (χ3n) is 2.84. The maximum atomic E-state index is 12.1. The number of carbonyl (C=O) groups excluding carboxylic acids is 1. The second-order valence-corrected chi connectivity index (χ2v) is 4.06. The molecule has 0 bridgehead atoms. The minimum Gasteiger partial charge on any atom is -0.493 e. The summed E-state index contributed by atoms with van der Waals surface area (Å²) in [5.74, 6) is 3.51. The van der Waals surface area contributed by atoms with Crippen LogP contribution in [0.5, 0.6) is 11.5 Å². The number of methoxy groups -OCH3 is 2. The lowest BCUT2D eigenvalue weighted by Crippen LogP contribution is -2.34. The van der Waals surface area contributed by atoms with E-state index in [1.807, 2.05) is 6.92 Å². The van der Waals surface area contributed by atoms with Crippen molar-refractivity contribution in [3.05, 3.63) is 23.8 Å². The molecule has 4 nitrogen and oxygen atoms in total. The number of benzene rings is 1. The van der Waals surface area contributed by atoms with E-state index < -0.39 is 0 Å². The first-order valence-corrected chi connectivity index (χ1v) is 6.12. The Morgan fingerprint density at radius 1 is 1.37 bits per heavy atom. The Hall–Kier alpha value is -2.15. The number of amides is 1. The highest BCUT2D eigenvalue weighted by atomic mass is 16.5. The summed E-state index contributed by atoms with van der Waals surface area (Å²) in [4.78, 5) is 12.1. The lowest BCUT2D eigenvalue weighted by molar-refractivity contribution is 0.0936. The van der Waals surface area contributed by atoms with Gasteiger partial charge < -0.3 is 14.8 Å². The highest BCUT2D eigenvalue weighted by molar-refractivity contribution is 5.95. The number of rotatable bonds is 6. The van der Waals surface area contributed by atoms with Crippen LogP contribution in [-0.2, 0) is 0 Å². The molecule has 102 valence electrons. The topological polar surface area (TPSA) is 47.6 Å². The van der Waals surface area contributed by atoms with E-state index in [0.717, 1.165) is 6.42 Å². The summed E-state index contributed by atoms with van der Waals surface area (Å²) in [6, 6.07) is 5.04. The first kappa shape index (κ1) is 14.9. The van der Waals surface area contributed by atoms with Crippen molar-refractivity contribution >= 4 is 5.91 Å². The zero-order valence-corrected chi connectivity index (χ0v) is 11.5. The molecule has 1 amide bonds. The van der Waals surface area contributed by atoms with Crippen LogP contribution in [0.15, 0.2) is 18.2 Å². The van der Waals surface area contributed by atoms with Gasteiger partial charge >= 0.3 is 0 Å². The molecule has 0 aliphatic heterocycles. The minimum atomic E-state index is -0.164. The fourth-order valence-electron chi connectivity index (χ4n) is 1.69. The molecule has 1 aromatic carbocycles. The number of nitrogens with one attached hydrogen (secondary N) is 1. The first-order valence-electron chi connectivity index (χ1n) is 6.12. The maximum absolute atomic E-state index is 12.1. The summed E-state index contributed by atoms with van der Waals surface area (Å²) >= 11 is 0. The van der Waals surface area contributed by atoms with Crippen LogP contribution in [0.4, 0.5) is 0 Å². The summed E-state index contributed by atoms with van der Waals surface area (Å²) in [5.41, 5.74) is 0.521. The number of hydrogen-bond acceptors (Lipinski definition) is 3. The number of carbonyl (C=O) groups is 1. The van der Waals surface area contributed by atoms with Crippen molar-refractivity contribution in [2.45, 2.75) is 25.8 Å². The van der Waals surface area contributed by atoms with Crippen molar-refractivity contribution in [3.8, 4) is 23.8 Å². The van der Waals surface area contributed by atoms with Crippen LogP contribution in [0.25, 0.3) is 0 Å². The molecule has 1 aromatic rings. The van der Waals surface area contributed by atoms with Crippen LogP contribution in [0.3, 0.4) is 0 Å². The summed E-state index contributed by atoms with van der Waals surface area (Å²) < 4.78 is 10.3. The van der Waals surface area contributed by atoms with Crippen LogP contribution in [-0.4, -0.2) is 26.2 Å². The maximum Gasteiger partial charge on any atom is 0.251 e. The van der Waals surface area contributed by atoms with Crippen molar-refractivity contribution < 1.29 is 14.3 Å². The number of ether oxygens (including phenoxy) is 2. The smallest absolute Gasteiger partial charge is 0.251 e. The second-order valence-electron chi connectivity index (χ2n) is 4.06. The van der Waals surface area contributed by atoms with Crippen molar-refractivity contribution in [3.63, 3.8) is 0 Å². The standard InChI is InChI=1S/C15H19NO3/c1-5-7-12(6-2)16-15(17)11-8-9-13(18-3)14(10-11)19-4/h1,8-10,12H,6-7H2,2-4H3,(H,16,17).